The van der Waals surface area contributed by atoms with E-state index in [1.165, 1.54) is 0 Å². The van der Waals surface area contributed by atoms with E-state index >= 15 is 0 Å². The number of piperazine rings is 1. The quantitative estimate of drug-likeness (QED) is 0.777. The van der Waals surface area contributed by atoms with Crippen molar-refractivity contribution in [1.82, 2.24) is 4.31 Å². The van der Waals surface area contributed by atoms with Gasteiger partial charge in [-0.2, -0.15) is 4.31 Å². The minimum Gasteiger partial charge on any atom is -0.309 e. The van der Waals surface area contributed by atoms with E-state index in [-0.39, 0.29) is 11.9 Å². The summed E-state index contributed by atoms with van der Waals surface area (Å²) in [5.41, 5.74) is 1.74. The van der Waals surface area contributed by atoms with Crippen molar-refractivity contribution in [2.24, 2.45) is 0 Å². The second kappa shape index (κ2) is 7.18. The van der Waals surface area contributed by atoms with Gasteiger partial charge in [0.25, 0.3) is 5.82 Å². The monoisotopic (exact) mass is 401 g/mol. The van der Waals surface area contributed by atoms with Gasteiger partial charge in [0.1, 0.15) is 0 Å². The summed E-state index contributed by atoms with van der Waals surface area (Å²) >= 11 is 0. The van der Waals surface area contributed by atoms with Crippen molar-refractivity contribution in [2.75, 3.05) is 36.0 Å². The van der Waals surface area contributed by atoms with Crippen LogP contribution in [0, 0.1) is 0 Å². The molecule has 0 unspecified atom stereocenters. The lowest BCUT2D eigenvalue weighted by Crippen LogP contribution is -2.49. The Kier molecular flexibility index (Phi) is 4.84. The first-order chi connectivity index (χ1) is 13.4. The molecule has 8 heteroatoms. The summed E-state index contributed by atoms with van der Waals surface area (Å²) in [6, 6.07) is 11.1. The fourth-order valence-electron chi connectivity index (χ4n) is 4.15. The van der Waals surface area contributed by atoms with E-state index in [4.69, 9.17) is 0 Å². The van der Waals surface area contributed by atoms with Crippen LogP contribution in [0.3, 0.4) is 0 Å². The number of sulfonamides is 1. The van der Waals surface area contributed by atoms with Crippen LogP contribution in [0.15, 0.2) is 47.5 Å². The molecule has 3 heterocycles. The Balaban J connectivity index is 1.52. The standard InChI is InChI=1S/C20H24N4O3S/c1-15-13-17-14-18(6-7-19(17)24(15)16(2)25)28(26,27)23-11-9-22(10-12-23)20-5-3-4-8-21-20/h3-8,14-15H,9-13H2,1-2H3/p+1/t15-/m0/s1. The normalized spacial score (nSPS) is 20.3. The van der Waals surface area contributed by atoms with Crippen LogP contribution in [0.1, 0.15) is 19.4 Å². The Morgan fingerprint density at radius 3 is 2.50 bits per heavy atom. The molecule has 7 nitrogen and oxygen atoms in total. The first-order valence-corrected chi connectivity index (χ1v) is 11.0. The number of aromatic nitrogens is 1. The number of carbonyl (C=O) groups is 1. The molecule has 1 N–H and O–H groups in total. The molecule has 4 rings (SSSR count). The lowest BCUT2D eigenvalue weighted by Gasteiger charge is -2.30. The molecule has 0 saturated carbocycles. The van der Waals surface area contributed by atoms with E-state index in [0.717, 1.165) is 17.1 Å². The van der Waals surface area contributed by atoms with Crippen LogP contribution in [-0.2, 0) is 21.2 Å². The molecule has 1 atom stereocenters. The maximum absolute atomic E-state index is 13.1. The molecule has 1 aromatic heterocycles. The average Bonchev–Trinajstić information content (AvgIpc) is 3.04. The molecular weight excluding hydrogens is 376 g/mol. The number of hydrogen-bond acceptors (Lipinski definition) is 4. The molecule has 148 valence electrons. The number of nitrogens with zero attached hydrogens (tertiary/aromatic N) is 3. The summed E-state index contributed by atoms with van der Waals surface area (Å²) in [5.74, 6) is 0.978. The zero-order chi connectivity index (χ0) is 19.9. The Labute approximate surface area is 165 Å². The van der Waals surface area contributed by atoms with Gasteiger partial charge in [0.2, 0.25) is 15.9 Å². The third-order valence-corrected chi connectivity index (χ3v) is 7.41. The Morgan fingerprint density at radius 1 is 1.11 bits per heavy atom. The number of carbonyl (C=O) groups excluding carboxylic acids is 1. The molecule has 0 aliphatic carbocycles. The summed E-state index contributed by atoms with van der Waals surface area (Å²) in [6.45, 7) is 5.69. The van der Waals surface area contributed by atoms with Crippen LogP contribution in [-0.4, -0.2) is 50.9 Å². The van der Waals surface area contributed by atoms with Crippen LogP contribution < -0.4 is 14.8 Å². The SMILES string of the molecule is CC(=O)N1c2ccc(S(=O)(=O)N3CCN(c4cccc[nH+]4)CC3)cc2C[C@@H]1C. The summed E-state index contributed by atoms with van der Waals surface area (Å²) in [6.07, 6.45) is 2.55. The van der Waals surface area contributed by atoms with Gasteiger partial charge in [-0.1, -0.05) is 6.07 Å². The highest BCUT2D eigenvalue weighted by Crippen LogP contribution is 2.34. The van der Waals surface area contributed by atoms with Crippen molar-refractivity contribution in [3.8, 4) is 0 Å². The van der Waals surface area contributed by atoms with Crippen molar-refractivity contribution >= 4 is 27.4 Å². The van der Waals surface area contributed by atoms with E-state index < -0.39 is 10.0 Å². The molecule has 2 aliphatic rings. The van der Waals surface area contributed by atoms with Gasteiger partial charge < -0.3 is 4.90 Å². The zero-order valence-electron chi connectivity index (χ0n) is 16.1. The molecule has 2 aromatic rings. The van der Waals surface area contributed by atoms with Gasteiger partial charge >= 0.3 is 0 Å². The summed E-state index contributed by atoms with van der Waals surface area (Å²) < 4.78 is 27.8. The smallest absolute Gasteiger partial charge is 0.274 e. The first kappa shape index (κ1) is 18.9. The minimum atomic E-state index is -3.55. The number of nitrogens with one attached hydrogen (secondary N) is 1. The summed E-state index contributed by atoms with van der Waals surface area (Å²) in [4.78, 5) is 19.3. The van der Waals surface area contributed by atoms with Gasteiger partial charge in [-0.05, 0) is 43.2 Å². The van der Waals surface area contributed by atoms with Crippen molar-refractivity contribution in [2.45, 2.75) is 31.2 Å². The van der Waals surface area contributed by atoms with E-state index in [9.17, 15) is 13.2 Å². The first-order valence-electron chi connectivity index (χ1n) is 9.52. The van der Waals surface area contributed by atoms with Crippen LogP contribution in [0.25, 0.3) is 0 Å². The average molecular weight is 402 g/mol. The van der Waals surface area contributed by atoms with Crippen LogP contribution in [0.5, 0.6) is 0 Å². The molecule has 1 aromatic carbocycles. The molecule has 1 fully saturated rings. The number of fused-ring (bicyclic) bond motifs is 1. The number of benzene rings is 1. The molecule has 0 spiro atoms. The van der Waals surface area contributed by atoms with Crippen LogP contribution >= 0.6 is 0 Å². The maximum atomic E-state index is 13.1. The van der Waals surface area contributed by atoms with E-state index in [1.54, 1.807) is 34.3 Å². The number of amides is 1. The van der Waals surface area contributed by atoms with Crippen LogP contribution in [0.2, 0.25) is 0 Å². The largest absolute Gasteiger partial charge is 0.309 e. The molecule has 2 aliphatic heterocycles. The van der Waals surface area contributed by atoms with Crippen molar-refractivity contribution in [3.05, 3.63) is 48.2 Å². The third kappa shape index (κ3) is 3.27. The van der Waals surface area contributed by atoms with Gasteiger partial charge in [-0.25, -0.2) is 13.4 Å². The van der Waals surface area contributed by atoms with Crippen molar-refractivity contribution in [1.29, 1.82) is 0 Å². The molecule has 0 bridgehead atoms. The molecular formula is C20H25N4O3S+. The highest BCUT2D eigenvalue weighted by atomic mass is 32.2. The predicted octanol–water partition coefficient (Wildman–Crippen LogP) is 1.31. The number of anilines is 2. The number of hydrogen-bond donors (Lipinski definition) is 0. The van der Waals surface area contributed by atoms with E-state index in [2.05, 4.69) is 9.88 Å². The zero-order valence-corrected chi connectivity index (χ0v) is 16.9. The fourth-order valence-corrected chi connectivity index (χ4v) is 5.62. The second-order valence-corrected chi connectivity index (χ2v) is 9.31. The highest BCUT2D eigenvalue weighted by Gasteiger charge is 2.34. The number of pyridine rings is 1. The Morgan fingerprint density at radius 2 is 1.86 bits per heavy atom. The van der Waals surface area contributed by atoms with Crippen LogP contribution in [0.4, 0.5) is 11.5 Å². The van der Waals surface area contributed by atoms with E-state index in [1.807, 2.05) is 31.3 Å². The summed E-state index contributed by atoms with van der Waals surface area (Å²) in [5, 5.41) is 0. The minimum absolute atomic E-state index is 0.0179. The predicted molar refractivity (Wildman–Crippen MR) is 107 cm³/mol. The van der Waals surface area contributed by atoms with Gasteiger partial charge in [-0.3, -0.25) is 9.69 Å². The lowest BCUT2D eigenvalue weighted by atomic mass is 10.1. The maximum Gasteiger partial charge on any atom is 0.274 e. The molecule has 28 heavy (non-hydrogen) atoms. The lowest BCUT2D eigenvalue weighted by molar-refractivity contribution is -0.364. The van der Waals surface area contributed by atoms with Crippen molar-refractivity contribution in [3.63, 3.8) is 0 Å². The number of aromatic amines is 1. The van der Waals surface area contributed by atoms with Gasteiger partial charge in [-0.15, -0.1) is 0 Å². The molecule has 0 radical (unpaired) electrons. The second-order valence-electron chi connectivity index (χ2n) is 7.37. The number of rotatable bonds is 3. The van der Waals surface area contributed by atoms with Gasteiger partial charge in [0, 0.05) is 24.7 Å². The molecule has 1 saturated heterocycles. The third-order valence-electron chi connectivity index (χ3n) is 5.52. The fraction of sp³-hybridized carbons (Fsp3) is 0.400. The Hall–Kier alpha value is -2.45. The topological polar surface area (TPSA) is 75.1 Å². The molecule has 1 amide bonds. The van der Waals surface area contributed by atoms with Gasteiger partial charge in [0.05, 0.1) is 37.3 Å². The van der Waals surface area contributed by atoms with Crippen molar-refractivity contribution < 1.29 is 18.2 Å². The van der Waals surface area contributed by atoms with E-state index in [0.29, 0.717) is 37.5 Å². The van der Waals surface area contributed by atoms with Gasteiger partial charge in [0.15, 0.2) is 0 Å². The Bertz CT molecular complexity index is 986. The summed E-state index contributed by atoms with van der Waals surface area (Å²) in [7, 11) is -3.55. The number of H-pyrrole nitrogens is 1. The highest BCUT2D eigenvalue weighted by molar-refractivity contribution is 7.89.